The first kappa shape index (κ1) is 16.0. The Morgan fingerprint density at radius 3 is 2.58 bits per heavy atom. The van der Waals surface area contributed by atoms with Gasteiger partial charge < -0.3 is 14.7 Å². The molecule has 0 bridgehead atoms. The van der Waals surface area contributed by atoms with Crippen molar-refractivity contribution in [1.29, 1.82) is 0 Å². The molecule has 1 aromatic rings. The van der Waals surface area contributed by atoms with Crippen molar-refractivity contribution < 1.29 is 9.84 Å². The minimum Gasteiger partial charge on any atom is -0.497 e. The van der Waals surface area contributed by atoms with E-state index in [-0.39, 0.29) is 5.92 Å². The number of rotatable bonds is 7. The van der Waals surface area contributed by atoms with E-state index in [0.29, 0.717) is 6.42 Å². The summed E-state index contributed by atoms with van der Waals surface area (Å²) in [6.45, 7) is 5.05. The van der Waals surface area contributed by atoms with Crippen molar-refractivity contribution >= 4 is 0 Å². The maximum Gasteiger partial charge on any atom is 0.119 e. The highest BCUT2D eigenvalue weighted by atomic mass is 16.5. The highest BCUT2D eigenvalue weighted by molar-refractivity contribution is 5.29. The first-order chi connectivity index (χ1) is 8.91. The molecule has 0 aliphatic heterocycles. The third-order valence-electron chi connectivity index (χ3n) is 3.81. The molecule has 0 saturated carbocycles. The van der Waals surface area contributed by atoms with Crippen LogP contribution in [0.15, 0.2) is 24.3 Å². The summed E-state index contributed by atoms with van der Waals surface area (Å²) in [6.07, 6.45) is 1.41. The van der Waals surface area contributed by atoms with Gasteiger partial charge >= 0.3 is 0 Å². The van der Waals surface area contributed by atoms with Crippen LogP contribution in [0.1, 0.15) is 25.8 Å². The quantitative estimate of drug-likeness (QED) is 0.822. The van der Waals surface area contributed by atoms with Gasteiger partial charge in [-0.15, -0.1) is 0 Å². The van der Waals surface area contributed by atoms with Gasteiger partial charge in [-0.25, -0.2) is 0 Å². The van der Waals surface area contributed by atoms with Crippen molar-refractivity contribution in [2.75, 3.05) is 27.7 Å². The molecule has 0 spiro atoms. The summed E-state index contributed by atoms with van der Waals surface area (Å²) in [5.74, 6) is 1.06. The lowest BCUT2D eigenvalue weighted by molar-refractivity contribution is -0.0232. The Bertz CT molecular complexity index is 392. The second-order valence-electron chi connectivity index (χ2n) is 5.65. The zero-order valence-electron chi connectivity index (χ0n) is 12.8. The molecule has 0 fully saturated rings. The van der Waals surface area contributed by atoms with Gasteiger partial charge in [-0.1, -0.05) is 26.0 Å². The summed E-state index contributed by atoms with van der Waals surface area (Å²) < 4.78 is 5.24. The van der Waals surface area contributed by atoms with Crippen molar-refractivity contribution in [3.8, 4) is 5.75 Å². The Morgan fingerprint density at radius 2 is 2.05 bits per heavy atom. The minimum absolute atomic E-state index is 0.221. The molecule has 0 saturated heterocycles. The van der Waals surface area contributed by atoms with Gasteiger partial charge in [0.25, 0.3) is 0 Å². The van der Waals surface area contributed by atoms with E-state index in [2.05, 4.69) is 11.8 Å². The van der Waals surface area contributed by atoms with Crippen LogP contribution >= 0.6 is 0 Å². The van der Waals surface area contributed by atoms with Gasteiger partial charge in [0.1, 0.15) is 5.75 Å². The van der Waals surface area contributed by atoms with Crippen molar-refractivity contribution in [2.45, 2.75) is 32.3 Å². The lowest BCUT2D eigenvalue weighted by atomic mass is 9.81. The molecule has 0 heterocycles. The summed E-state index contributed by atoms with van der Waals surface area (Å²) in [4.78, 5) is 2.12. The second kappa shape index (κ2) is 6.92. The molecule has 0 aromatic heterocycles. The van der Waals surface area contributed by atoms with E-state index >= 15 is 0 Å². The van der Waals surface area contributed by atoms with Crippen LogP contribution in [0, 0.1) is 5.92 Å². The second-order valence-corrected chi connectivity index (χ2v) is 5.65. The standard InChI is InChI=1S/C16H27NO2/c1-6-16(18,13(2)12-17(3)4)11-14-8-7-9-15(10-14)19-5/h7-10,13,18H,6,11-12H2,1-5H3. The van der Waals surface area contributed by atoms with Gasteiger partial charge in [0.2, 0.25) is 0 Å². The van der Waals surface area contributed by atoms with Gasteiger partial charge in [0.15, 0.2) is 0 Å². The predicted octanol–water partition coefficient (Wildman–Crippen LogP) is 2.58. The van der Waals surface area contributed by atoms with Gasteiger partial charge in [-0.3, -0.25) is 0 Å². The van der Waals surface area contributed by atoms with Crippen molar-refractivity contribution in [3.05, 3.63) is 29.8 Å². The van der Waals surface area contributed by atoms with E-state index in [1.807, 2.05) is 45.3 Å². The third-order valence-corrected chi connectivity index (χ3v) is 3.81. The molecule has 0 aliphatic rings. The van der Waals surface area contributed by atoms with E-state index in [1.165, 1.54) is 0 Å². The number of aliphatic hydroxyl groups is 1. The van der Waals surface area contributed by atoms with Crippen molar-refractivity contribution in [3.63, 3.8) is 0 Å². The topological polar surface area (TPSA) is 32.7 Å². The Balaban J connectivity index is 2.84. The highest BCUT2D eigenvalue weighted by Crippen LogP contribution is 2.27. The van der Waals surface area contributed by atoms with E-state index in [1.54, 1.807) is 7.11 Å². The van der Waals surface area contributed by atoms with Crippen LogP contribution in [0.25, 0.3) is 0 Å². The average molecular weight is 265 g/mol. The van der Waals surface area contributed by atoms with Crippen LogP contribution in [0.2, 0.25) is 0 Å². The fraction of sp³-hybridized carbons (Fsp3) is 0.625. The molecule has 1 N–H and O–H groups in total. The molecule has 0 amide bonds. The SMILES string of the molecule is CCC(O)(Cc1cccc(OC)c1)C(C)CN(C)C. The third kappa shape index (κ3) is 4.51. The summed E-state index contributed by atoms with van der Waals surface area (Å²) in [6, 6.07) is 7.95. The number of methoxy groups -OCH3 is 1. The van der Waals surface area contributed by atoms with Crippen molar-refractivity contribution in [1.82, 2.24) is 4.90 Å². The number of hydrogen-bond donors (Lipinski definition) is 1. The number of nitrogens with zero attached hydrogens (tertiary/aromatic N) is 1. The van der Waals surface area contributed by atoms with Gasteiger partial charge in [-0.05, 0) is 44.1 Å². The molecule has 0 radical (unpaired) electrons. The molecule has 2 unspecified atom stereocenters. The first-order valence-electron chi connectivity index (χ1n) is 6.91. The maximum atomic E-state index is 10.9. The van der Waals surface area contributed by atoms with Gasteiger partial charge in [0.05, 0.1) is 12.7 Å². The molecular formula is C16H27NO2. The molecule has 108 valence electrons. The first-order valence-corrected chi connectivity index (χ1v) is 6.91. The molecule has 1 rings (SSSR count). The van der Waals surface area contributed by atoms with E-state index in [4.69, 9.17) is 4.74 Å². The largest absolute Gasteiger partial charge is 0.497 e. The Labute approximate surface area is 117 Å². The van der Waals surface area contributed by atoms with Crippen LogP contribution in [-0.4, -0.2) is 43.4 Å². The summed E-state index contributed by atoms with van der Waals surface area (Å²) in [5, 5.41) is 10.9. The van der Waals surface area contributed by atoms with E-state index in [9.17, 15) is 5.11 Å². The predicted molar refractivity (Wildman–Crippen MR) is 79.7 cm³/mol. The van der Waals surface area contributed by atoms with Gasteiger partial charge in [0, 0.05) is 13.0 Å². The average Bonchev–Trinajstić information content (AvgIpc) is 2.38. The molecule has 1 aromatic carbocycles. The lowest BCUT2D eigenvalue weighted by Crippen LogP contribution is -2.42. The van der Waals surface area contributed by atoms with Crippen LogP contribution in [0.3, 0.4) is 0 Å². The Hall–Kier alpha value is -1.06. The smallest absolute Gasteiger partial charge is 0.119 e. The highest BCUT2D eigenvalue weighted by Gasteiger charge is 2.32. The normalized spacial score (nSPS) is 16.2. The molecular weight excluding hydrogens is 238 g/mol. The summed E-state index contributed by atoms with van der Waals surface area (Å²) >= 11 is 0. The Kier molecular flexibility index (Phi) is 5.83. The summed E-state index contributed by atoms with van der Waals surface area (Å²) in [5.41, 5.74) is 0.450. The fourth-order valence-electron chi connectivity index (χ4n) is 2.50. The number of benzene rings is 1. The number of hydrogen-bond acceptors (Lipinski definition) is 3. The molecule has 2 atom stereocenters. The van der Waals surface area contributed by atoms with Crippen LogP contribution in [0.4, 0.5) is 0 Å². The maximum absolute atomic E-state index is 10.9. The molecule has 0 aliphatic carbocycles. The lowest BCUT2D eigenvalue weighted by Gasteiger charge is -2.35. The van der Waals surface area contributed by atoms with Crippen molar-refractivity contribution in [2.24, 2.45) is 5.92 Å². The van der Waals surface area contributed by atoms with Crippen LogP contribution in [-0.2, 0) is 6.42 Å². The molecule has 3 heteroatoms. The Morgan fingerprint density at radius 1 is 1.37 bits per heavy atom. The molecule has 19 heavy (non-hydrogen) atoms. The van der Waals surface area contributed by atoms with E-state index < -0.39 is 5.60 Å². The fourth-order valence-corrected chi connectivity index (χ4v) is 2.50. The van der Waals surface area contributed by atoms with Crippen LogP contribution in [0.5, 0.6) is 5.75 Å². The number of ether oxygens (including phenoxy) is 1. The molecule has 3 nitrogen and oxygen atoms in total. The van der Waals surface area contributed by atoms with Crippen LogP contribution < -0.4 is 4.74 Å². The monoisotopic (exact) mass is 265 g/mol. The summed E-state index contributed by atoms with van der Waals surface area (Å²) in [7, 11) is 5.75. The zero-order chi connectivity index (χ0) is 14.5. The minimum atomic E-state index is -0.670. The van der Waals surface area contributed by atoms with E-state index in [0.717, 1.165) is 24.3 Å². The van der Waals surface area contributed by atoms with Gasteiger partial charge in [-0.2, -0.15) is 0 Å². The zero-order valence-corrected chi connectivity index (χ0v) is 12.8.